The maximum absolute atomic E-state index is 12.6. The van der Waals surface area contributed by atoms with Crippen LogP contribution in [0.3, 0.4) is 0 Å². The minimum atomic E-state index is -1.62. The van der Waals surface area contributed by atoms with E-state index in [0.717, 1.165) is 15.7 Å². The molecule has 3 aromatic rings. The SMILES string of the molecule is Cc1cc2nc3c(=O)[nH]c(=O)n([C@@H]4O[C@@H](C)[C@H](O)[C@@H](O)[C@H]4O)c3nc2cc1C. The zero-order chi connectivity index (χ0) is 20.3. The number of nitrogens with one attached hydrogen (secondary N) is 1. The van der Waals surface area contributed by atoms with E-state index in [1.807, 2.05) is 13.8 Å². The van der Waals surface area contributed by atoms with Crippen molar-refractivity contribution in [3.8, 4) is 0 Å². The second-order valence-corrected chi connectivity index (χ2v) is 7.15. The molecule has 0 spiro atoms. The first-order chi connectivity index (χ1) is 13.2. The molecule has 10 nitrogen and oxygen atoms in total. The topological polar surface area (TPSA) is 151 Å². The maximum Gasteiger partial charge on any atom is 0.332 e. The van der Waals surface area contributed by atoms with Crippen molar-refractivity contribution in [2.75, 3.05) is 0 Å². The Morgan fingerprint density at radius 3 is 2.25 bits per heavy atom. The largest absolute Gasteiger partial charge is 0.388 e. The highest BCUT2D eigenvalue weighted by Gasteiger charge is 2.43. The van der Waals surface area contributed by atoms with E-state index >= 15 is 0 Å². The lowest BCUT2D eigenvalue weighted by molar-refractivity contribution is -0.240. The van der Waals surface area contributed by atoms with E-state index < -0.39 is 41.9 Å². The zero-order valence-corrected chi connectivity index (χ0v) is 15.4. The molecule has 0 saturated carbocycles. The predicted octanol–water partition coefficient (Wildman–Crippen LogP) is -0.750. The van der Waals surface area contributed by atoms with Crippen LogP contribution >= 0.6 is 0 Å². The number of benzene rings is 1. The summed E-state index contributed by atoms with van der Waals surface area (Å²) in [6.07, 6.45) is -6.71. The number of aryl methyl sites for hydroxylation is 2. The third-order valence-corrected chi connectivity index (χ3v) is 5.23. The Hall–Kier alpha value is -2.66. The molecule has 1 fully saturated rings. The lowest BCUT2D eigenvalue weighted by Gasteiger charge is -2.39. The third-order valence-electron chi connectivity index (χ3n) is 5.23. The lowest BCUT2D eigenvalue weighted by atomic mass is 9.99. The maximum atomic E-state index is 12.6. The molecule has 0 radical (unpaired) electrons. The van der Waals surface area contributed by atoms with Gasteiger partial charge in [-0.2, -0.15) is 0 Å². The molecule has 4 rings (SSSR count). The number of aromatic amines is 1. The third kappa shape index (κ3) is 2.73. The Bertz CT molecular complexity index is 1200. The van der Waals surface area contributed by atoms with Gasteiger partial charge in [-0.1, -0.05) is 0 Å². The molecule has 148 valence electrons. The first kappa shape index (κ1) is 18.7. The van der Waals surface area contributed by atoms with Crippen molar-refractivity contribution in [3.63, 3.8) is 0 Å². The second kappa shape index (κ2) is 6.45. The van der Waals surface area contributed by atoms with Gasteiger partial charge in [-0.15, -0.1) is 0 Å². The van der Waals surface area contributed by atoms with Crippen molar-refractivity contribution in [1.29, 1.82) is 0 Å². The van der Waals surface area contributed by atoms with Crippen molar-refractivity contribution >= 4 is 22.2 Å². The number of nitrogens with zero attached hydrogens (tertiary/aromatic N) is 3. The highest BCUT2D eigenvalue weighted by molar-refractivity contribution is 5.85. The van der Waals surface area contributed by atoms with Crippen LogP contribution in [0.4, 0.5) is 0 Å². The first-order valence-electron chi connectivity index (χ1n) is 8.82. The Kier molecular flexibility index (Phi) is 4.31. The Balaban J connectivity index is 2.03. The van der Waals surface area contributed by atoms with Crippen LogP contribution < -0.4 is 11.2 Å². The average Bonchev–Trinajstić information content (AvgIpc) is 2.64. The molecule has 1 aliphatic heterocycles. The fourth-order valence-electron chi connectivity index (χ4n) is 3.41. The average molecular weight is 388 g/mol. The Labute approximate surface area is 158 Å². The lowest BCUT2D eigenvalue weighted by Crippen LogP contribution is -2.56. The van der Waals surface area contributed by atoms with Crippen LogP contribution in [0, 0.1) is 13.8 Å². The van der Waals surface area contributed by atoms with Gasteiger partial charge in [0.2, 0.25) is 0 Å². The molecule has 1 aliphatic rings. The molecule has 0 bridgehead atoms. The molecule has 3 heterocycles. The van der Waals surface area contributed by atoms with Gasteiger partial charge in [0.1, 0.15) is 18.3 Å². The predicted molar refractivity (Wildman–Crippen MR) is 99.0 cm³/mol. The van der Waals surface area contributed by atoms with E-state index in [1.165, 1.54) is 6.92 Å². The summed E-state index contributed by atoms with van der Waals surface area (Å²) in [5.41, 5.74) is 1.12. The van der Waals surface area contributed by atoms with Gasteiger partial charge in [0, 0.05) is 0 Å². The van der Waals surface area contributed by atoms with Crippen molar-refractivity contribution in [1.82, 2.24) is 19.5 Å². The number of ether oxygens (including phenoxy) is 1. The van der Waals surface area contributed by atoms with Crippen LogP contribution in [0.5, 0.6) is 0 Å². The van der Waals surface area contributed by atoms with Crippen molar-refractivity contribution in [2.24, 2.45) is 0 Å². The highest BCUT2D eigenvalue weighted by Crippen LogP contribution is 2.29. The normalized spacial score (nSPS) is 28.1. The van der Waals surface area contributed by atoms with E-state index in [-0.39, 0.29) is 11.2 Å². The van der Waals surface area contributed by atoms with Crippen molar-refractivity contribution in [3.05, 3.63) is 44.1 Å². The molecule has 1 saturated heterocycles. The second-order valence-electron chi connectivity index (χ2n) is 7.15. The summed E-state index contributed by atoms with van der Waals surface area (Å²) < 4.78 is 6.52. The van der Waals surface area contributed by atoms with Gasteiger partial charge in [-0.05, 0) is 44.0 Å². The van der Waals surface area contributed by atoms with Crippen LogP contribution in [0.1, 0.15) is 24.3 Å². The van der Waals surface area contributed by atoms with Crippen molar-refractivity contribution in [2.45, 2.75) is 51.4 Å². The van der Waals surface area contributed by atoms with E-state index in [0.29, 0.717) is 11.0 Å². The Morgan fingerprint density at radius 2 is 1.61 bits per heavy atom. The highest BCUT2D eigenvalue weighted by atomic mass is 16.5. The minimum absolute atomic E-state index is 0.0793. The number of aliphatic hydroxyl groups is 3. The smallest absolute Gasteiger partial charge is 0.332 e. The monoisotopic (exact) mass is 388 g/mol. The van der Waals surface area contributed by atoms with Crippen LogP contribution in [-0.2, 0) is 4.74 Å². The van der Waals surface area contributed by atoms with E-state index in [4.69, 9.17) is 4.74 Å². The molecule has 28 heavy (non-hydrogen) atoms. The van der Waals surface area contributed by atoms with E-state index in [2.05, 4.69) is 15.0 Å². The molecular formula is C18H20N4O6. The number of hydrogen-bond donors (Lipinski definition) is 4. The summed E-state index contributed by atoms with van der Waals surface area (Å²) in [6, 6.07) is 3.58. The first-order valence-corrected chi connectivity index (χ1v) is 8.82. The van der Waals surface area contributed by atoms with Gasteiger partial charge in [-0.25, -0.2) is 19.3 Å². The number of H-pyrrole nitrogens is 1. The number of fused-ring (bicyclic) bond motifs is 2. The zero-order valence-electron chi connectivity index (χ0n) is 15.4. The van der Waals surface area contributed by atoms with Crippen LogP contribution in [-0.4, -0.2) is 59.3 Å². The summed E-state index contributed by atoms with van der Waals surface area (Å²) in [5.74, 6) is 0. The van der Waals surface area contributed by atoms with Crippen LogP contribution in [0.2, 0.25) is 0 Å². The van der Waals surface area contributed by atoms with Crippen LogP contribution in [0.15, 0.2) is 21.7 Å². The molecule has 10 heteroatoms. The number of hydrogen-bond acceptors (Lipinski definition) is 8. The molecule has 2 aromatic heterocycles. The molecule has 4 N–H and O–H groups in total. The molecule has 0 aliphatic carbocycles. The van der Waals surface area contributed by atoms with Crippen molar-refractivity contribution < 1.29 is 20.1 Å². The minimum Gasteiger partial charge on any atom is -0.388 e. The quantitative estimate of drug-likeness (QED) is 0.398. The van der Waals surface area contributed by atoms with Crippen LogP contribution in [0.25, 0.3) is 22.2 Å². The van der Waals surface area contributed by atoms with Gasteiger partial charge < -0.3 is 20.1 Å². The standard InChI is InChI=1S/C18H20N4O6/c1-6-4-9-10(5-7(6)2)20-15-11(19-9)16(26)21-18(27)22(15)17-14(25)13(24)12(23)8(3)28-17/h4-5,8,12-14,17,23-25H,1-3H3,(H,21,26,27)/t8-,12-,13+,14+,17+/m0/s1. The summed E-state index contributed by atoms with van der Waals surface area (Å²) in [7, 11) is 0. The van der Waals surface area contributed by atoms with Gasteiger partial charge in [-0.3, -0.25) is 9.78 Å². The summed E-state index contributed by atoms with van der Waals surface area (Å²) in [6.45, 7) is 5.31. The molecule has 0 amide bonds. The molecule has 1 aromatic carbocycles. The number of rotatable bonds is 1. The fraction of sp³-hybridized carbons (Fsp3) is 0.444. The summed E-state index contributed by atoms with van der Waals surface area (Å²) in [5, 5.41) is 30.4. The fourth-order valence-corrected chi connectivity index (χ4v) is 3.41. The van der Waals surface area contributed by atoms with Gasteiger partial charge in [0.25, 0.3) is 5.56 Å². The van der Waals surface area contributed by atoms with E-state index in [1.54, 1.807) is 12.1 Å². The van der Waals surface area contributed by atoms with E-state index in [9.17, 15) is 24.9 Å². The summed E-state index contributed by atoms with van der Waals surface area (Å²) >= 11 is 0. The molecular weight excluding hydrogens is 368 g/mol. The molecule has 0 unspecified atom stereocenters. The Morgan fingerprint density at radius 1 is 1.00 bits per heavy atom. The van der Waals surface area contributed by atoms with Gasteiger partial charge in [0.05, 0.1) is 17.1 Å². The van der Waals surface area contributed by atoms with Gasteiger partial charge in [0.15, 0.2) is 17.4 Å². The number of aromatic nitrogens is 4. The summed E-state index contributed by atoms with van der Waals surface area (Å²) in [4.78, 5) is 35.8. The molecule has 5 atom stereocenters. The number of aliphatic hydroxyl groups excluding tert-OH is 3. The van der Waals surface area contributed by atoms with Gasteiger partial charge >= 0.3 is 5.69 Å².